The first-order valence-electron chi connectivity index (χ1n) is 6.09. The minimum Gasteiger partial charge on any atom is -0.443 e. The Morgan fingerprint density at radius 3 is 2.00 bits per heavy atom. The van der Waals surface area contributed by atoms with E-state index in [9.17, 15) is 35.2 Å². The largest absolute Gasteiger partial charge is 0.443 e. The van der Waals surface area contributed by atoms with Crippen LogP contribution in [0.4, 0.5) is 22.0 Å². The van der Waals surface area contributed by atoms with E-state index in [2.05, 4.69) is 14.2 Å². The lowest BCUT2D eigenvalue weighted by Crippen LogP contribution is -2.52. The molecule has 0 aromatic rings. The third-order valence-electron chi connectivity index (χ3n) is 2.22. The molecule has 144 valence electrons. The molecule has 0 aliphatic heterocycles. The molecule has 0 bridgehead atoms. The van der Waals surface area contributed by atoms with Crippen LogP contribution in [0.3, 0.4) is 0 Å². The summed E-state index contributed by atoms with van der Waals surface area (Å²) >= 11 is 0. The minimum atomic E-state index is -6.47. The zero-order valence-corrected chi connectivity index (χ0v) is 13.0. The molecule has 1 unspecified atom stereocenters. The summed E-state index contributed by atoms with van der Waals surface area (Å²) in [5, 5.41) is -5.77. The molecule has 24 heavy (non-hydrogen) atoms. The maximum atomic E-state index is 13.1. The summed E-state index contributed by atoms with van der Waals surface area (Å²) in [5.41, 5.74) is 0. The van der Waals surface area contributed by atoms with Gasteiger partial charge in [-0.15, -0.1) is 0 Å². The number of carbonyl (C=O) groups is 1. The van der Waals surface area contributed by atoms with Crippen LogP contribution in [0.1, 0.15) is 0 Å². The second-order valence-electron chi connectivity index (χ2n) is 4.11. The summed E-state index contributed by atoms with van der Waals surface area (Å²) in [6.07, 6.45) is -10.3. The lowest BCUT2D eigenvalue weighted by molar-refractivity contribution is -0.260. The Balaban J connectivity index is 4.55. The Morgan fingerprint density at radius 1 is 1.04 bits per heavy atom. The smallest absolute Gasteiger partial charge is 0.432 e. The van der Waals surface area contributed by atoms with Crippen molar-refractivity contribution in [2.45, 2.75) is 17.5 Å². The summed E-state index contributed by atoms with van der Waals surface area (Å²) in [5.74, 6) is -1.91. The summed E-state index contributed by atoms with van der Waals surface area (Å²) in [7, 11) is -5.06. The van der Waals surface area contributed by atoms with E-state index in [1.165, 1.54) is 7.11 Å². The zero-order valence-electron chi connectivity index (χ0n) is 12.2. The summed E-state index contributed by atoms with van der Waals surface area (Å²) < 4.78 is 110. The molecule has 0 aromatic carbocycles. The average Bonchev–Trinajstić information content (AvgIpc) is 2.41. The first kappa shape index (κ1) is 22.9. The molecule has 0 rings (SSSR count). The molecule has 0 fully saturated rings. The molecule has 0 aromatic heterocycles. The number of rotatable bonds is 11. The van der Waals surface area contributed by atoms with E-state index in [4.69, 9.17) is 9.29 Å². The fraction of sp³-hybridized carbons (Fsp3) is 0.900. The quantitative estimate of drug-likeness (QED) is 0.237. The van der Waals surface area contributed by atoms with Crippen LogP contribution in [0.25, 0.3) is 0 Å². The molecule has 0 amide bonds. The van der Waals surface area contributed by atoms with Gasteiger partial charge in [-0.1, -0.05) is 0 Å². The Hall–Kier alpha value is -1.09. The zero-order chi connectivity index (χ0) is 19.0. The van der Waals surface area contributed by atoms with Crippen molar-refractivity contribution in [1.82, 2.24) is 0 Å². The van der Waals surface area contributed by atoms with Crippen molar-refractivity contribution in [3.63, 3.8) is 0 Å². The topological polar surface area (TPSA) is 108 Å². The van der Waals surface area contributed by atoms with Crippen molar-refractivity contribution in [2.75, 3.05) is 40.1 Å². The van der Waals surface area contributed by atoms with E-state index < -0.39 is 40.2 Å². The van der Waals surface area contributed by atoms with Crippen LogP contribution in [0.15, 0.2) is 0 Å². The van der Waals surface area contributed by atoms with Gasteiger partial charge in [-0.3, -0.25) is 4.55 Å². The monoisotopic (exact) mass is 390 g/mol. The van der Waals surface area contributed by atoms with Gasteiger partial charge in [-0.2, -0.15) is 30.4 Å². The van der Waals surface area contributed by atoms with Crippen LogP contribution < -0.4 is 0 Å². The van der Waals surface area contributed by atoms with Gasteiger partial charge in [0.25, 0.3) is 6.10 Å². The van der Waals surface area contributed by atoms with Crippen molar-refractivity contribution >= 4 is 16.1 Å². The van der Waals surface area contributed by atoms with Crippen molar-refractivity contribution < 1.29 is 58.7 Å². The van der Waals surface area contributed by atoms with Gasteiger partial charge in [0.05, 0.1) is 26.4 Å². The van der Waals surface area contributed by atoms with Crippen LogP contribution in [0, 0.1) is 0 Å². The van der Waals surface area contributed by atoms with Gasteiger partial charge < -0.3 is 18.9 Å². The summed E-state index contributed by atoms with van der Waals surface area (Å²) in [4.78, 5) is 11.1. The molecular weight excluding hydrogens is 375 g/mol. The van der Waals surface area contributed by atoms with E-state index in [1.54, 1.807) is 0 Å². The normalized spacial score (nSPS) is 14.5. The van der Waals surface area contributed by atoms with Gasteiger partial charge in [-0.25, -0.2) is 4.79 Å². The first-order valence-corrected chi connectivity index (χ1v) is 7.53. The molecule has 0 saturated heterocycles. The Bertz CT molecular complexity index is 492. The minimum absolute atomic E-state index is 0.0689. The predicted octanol–water partition coefficient (Wildman–Crippen LogP) is 0.621. The van der Waals surface area contributed by atoms with Crippen LogP contribution >= 0.6 is 0 Å². The Morgan fingerprint density at radius 2 is 1.54 bits per heavy atom. The number of esters is 1. The first-order chi connectivity index (χ1) is 10.8. The predicted molar refractivity (Wildman–Crippen MR) is 65.9 cm³/mol. The van der Waals surface area contributed by atoms with Gasteiger partial charge in [-0.05, 0) is 0 Å². The average molecular weight is 390 g/mol. The lowest BCUT2D eigenvalue weighted by Gasteiger charge is -2.25. The summed E-state index contributed by atoms with van der Waals surface area (Å²) in [6.45, 7) is -1.06. The highest BCUT2D eigenvalue weighted by Crippen LogP contribution is 2.37. The molecule has 1 atom stereocenters. The molecule has 1 N–H and O–H groups in total. The standard InChI is InChI=1S/C10H15F5O8S/c1-20-2-3-21-4-5-22-6-7(16)23-8(9(11,12)13)10(14,15)24(17,18)19/h8H,2-6H2,1H3,(H,17,18,19). The van der Waals surface area contributed by atoms with Crippen molar-refractivity contribution in [3.8, 4) is 0 Å². The van der Waals surface area contributed by atoms with Gasteiger partial charge in [0, 0.05) is 7.11 Å². The number of carbonyl (C=O) groups excluding carboxylic acids is 1. The molecule has 0 heterocycles. The molecule has 8 nitrogen and oxygen atoms in total. The molecule has 0 spiro atoms. The van der Waals surface area contributed by atoms with E-state index in [0.717, 1.165) is 0 Å². The number of hydrogen-bond acceptors (Lipinski definition) is 7. The maximum Gasteiger partial charge on any atom is 0.432 e. The molecular formula is C10H15F5O8S. The van der Waals surface area contributed by atoms with Crippen molar-refractivity contribution in [1.29, 1.82) is 0 Å². The lowest BCUT2D eigenvalue weighted by atomic mass is 10.3. The number of halogens is 5. The van der Waals surface area contributed by atoms with Crippen LogP contribution in [-0.4, -0.2) is 76.6 Å². The SMILES string of the molecule is COCCOCCOCC(=O)OC(C(F)(F)F)C(F)(F)S(=O)(=O)O. The van der Waals surface area contributed by atoms with Crippen LogP contribution in [0.2, 0.25) is 0 Å². The fourth-order valence-electron chi connectivity index (χ4n) is 1.14. The van der Waals surface area contributed by atoms with Gasteiger partial charge in [0.1, 0.15) is 6.61 Å². The highest BCUT2D eigenvalue weighted by molar-refractivity contribution is 7.86. The molecule has 0 radical (unpaired) electrons. The maximum absolute atomic E-state index is 13.1. The van der Waals surface area contributed by atoms with E-state index in [1.807, 2.05) is 0 Å². The fourth-order valence-corrected chi connectivity index (χ4v) is 1.60. The van der Waals surface area contributed by atoms with Gasteiger partial charge in [0.15, 0.2) is 0 Å². The number of ether oxygens (including phenoxy) is 4. The number of hydrogen-bond donors (Lipinski definition) is 1. The van der Waals surface area contributed by atoms with Gasteiger partial charge in [0.2, 0.25) is 0 Å². The van der Waals surface area contributed by atoms with Crippen LogP contribution in [-0.2, 0) is 33.9 Å². The highest BCUT2D eigenvalue weighted by atomic mass is 32.2. The molecule has 14 heteroatoms. The van der Waals surface area contributed by atoms with Crippen LogP contribution in [0.5, 0.6) is 0 Å². The summed E-state index contributed by atoms with van der Waals surface area (Å²) in [6, 6.07) is 0. The molecule has 0 saturated carbocycles. The van der Waals surface area contributed by atoms with Crippen molar-refractivity contribution in [2.24, 2.45) is 0 Å². The molecule has 0 aliphatic carbocycles. The second kappa shape index (κ2) is 9.41. The van der Waals surface area contributed by atoms with E-state index in [0.29, 0.717) is 0 Å². The number of alkyl halides is 5. The highest BCUT2D eigenvalue weighted by Gasteiger charge is 2.66. The third kappa shape index (κ3) is 7.65. The van der Waals surface area contributed by atoms with E-state index >= 15 is 0 Å². The number of methoxy groups -OCH3 is 1. The third-order valence-corrected chi connectivity index (χ3v) is 3.12. The Labute approximate surface area is 133 Å². The molecule has 0 aliphatic rings. The van der Waals surface area contributed by atoms with E-state index in [-0.39, 0.29) is 26.4 Å². The second-order valence-corrected chi connectivity index (χ2v) is 5.60. The Kier molecular flexibility index (Phi) is 8.98. The van der Waals surface area contributed by atoms with Crippen molar-refractivity contribution in [3.05, 3.63) is 0 Å². The van der Waals surface area contributed by atoms with Gasteiger partial charge >= 0.3 is 27.5 Å².